The molecule has 0 aromatic heterocycles. The van der Waals surface area contributed by atoms with Crippen molar-refractivity contribution >= 4 is 6.03 Å². The van der Waals surface area contributed by atoms with Gasteiger partial charge in [0.05, 0.1) is 12.3 Å². The highest BCUT2D eigenvalue weighted by atomic mass is 16.2. The smallest absolute Gasteiger partial charge is 0.317 e. The van der Waals surface area contributed by atoms with Crippen molar-refractivity contribution in [2.75, 3.05) is 0 Å². The lowest BCUT2D eigenvalue weighted by Crippen LogP contribution is -2.64. The maximum absolute atomic E-state index is 11.1. The molecule has 13 heavy (non-hydrogen) atoms. The van der Waals surface area contributed by atoms with E-state index in [2.05, 4.69) is 29.1 Å². The number of hydrogen-bond acceptors (Lipinski definition) is 2. The average Bonchev–Trinajstić information content (AvgIpc) is 2.04. The first kappa shape index (κ1) is 9.80. The Labute approximate surface area is 78.1 Å². The Kier molecular flexibility index (Phi) is 3.52. The summed E-state index contributed by atoms with van der Waals surface area (Å²) in [5.41, 5.74) is 0. The molecule has 2 atom stereocenters. The van der Waals surface area contributed by atoms with E-state index < -0.39 is 0 Å². The Balaban J connectivity index is 2.46. The molecular formula is C9H15N3O. The Morgan fingerprint density at radius 3 is 2.00 bits per heavy atom. The van der Waals surface area contributed by atoms with Crippen LogP contribution < -0.4 is 16.0 Å². The molecular weight excluding hydrogens is 166 g/mol. The maximum Gasteiger partial charge on any atom is 0.317 e. The summed E-state index contributed by atoms with van der Waals surface area (Å²) < 4.78 is 0. The standard InChI is InChI=1S/C9H15N3O/c1-3-5-7-10-8(6-4-2)12-9(13)11-7/h3-4,7-8,10H,1-2,5-6H2,(H2,11,12,13). The zero-order chi connectivity index (χ0) is 9.68. The lowest BCUT2D eigenvalue weighted by atomic mass is 10.2. The van der Waals surface area contributed by atoms with E-state index in [9.17, 15) is 4.79 Å². The van der Waals surface area contributed by atoms with E-state index in [4.69, 9.17) is 0 Å². The Morgan fingerprint density at radius 2 is 1.62 bits per heavy atom. The highest BCUT2D eigenvalue weighted by Crippen LogP contribution is 1.99. The summed E-state index contributed by atoms with van der Waals surface area (Å²) in [6, 6.07) is -0.141. The molecule has 4 nitrogen and oxygen atoms in total. The number of hydrogen-bond donors (Lipinski definition) is 3. The minimum absolute atomic E-state index is 0.0174. The largest absolute Gasteiger partial charge is 0.322 e. The van der Waals surface area contributed by atoms with Crippen LogP contribution in [0.15, 0.2) is 25.3 Å². The van der Waals surface area contributed by atoms with Gasteiger partial charge >= 0.3 is 6.03 Å². The summed E-state index contributed by atoms with van der Waals surface area (Å²) in [6.45, 7) is 7.24. The van der Waals surface area contributed by atoms with Crippen molar-refractivity contribution in [2.24, 2.45) is 0 Å². The van der Waals surface area contributed by atoms with Gasteiger partial charge in [0.15, 0.2) is 0 Å². The third-order valence-corrected chi connectivity index (χ3v) is 1.82. The van der Waals surface area contributed by atoms with Gasteiger partial charge in [0.1, 0.15) is 0 Å². The van der Waals surface area contributed by atoms with Crippen LogP contribution in [-0.2, 0) is 0 Å². The summed E-state index contributed by atoms with van der Waals surface area (Å²) in [5.74, 6) is 0. The summed E-state index contributed by atoms with van der Waals surface area (Å²) in [5, 5.41) is 8.68. The average molecular weight is 181 g/mol. The van der Waals surface area contributed by atoms with E-state index in [0.29, 0.717) is 0 Å². The second kappa shape index (κ2) is 4.67. The highest BCUT2D eigenvalue weighted by molar-refractivity contribution is 5.75. The van der Waals surface area contributed by atoms with Crippen LogP contribution in [0.5, 0.6) is 0 Å². The van der Waals surface area contributed by atoms with Crippen LogP contribution >= 0.6 is 0 Å². The molecule has 2 amide bonds. The van der Waals surface area contributed by atoms with E-state index in [1.54, 1.807) is 12.2 Å². The molecule has 72 valence electrons. The van der Waals surface area contributed by atoms with Crippen LogP contribution in [0.4, 0.5) is 4.79 Å². The van der Waals surface area contributed by atoms with Crippen LogP contribution in [0.2, 0.25) is 0 Å². The fourth-order valence-electron chi connectivity index (χ4n) is 1.27. The van der Waals surface area contributed by atoms with Gasteiger partial charge in [-0.3, -0.25) is 5.32 Å². The number of carbonyl (C=O) groups excluding carboxylic acids is 1. The van der Waals surface area contributed by atoms with Crippen LogP contribution in [0.3, 0.4) is 0 Å². The van der Waals surface area contributed by atoms with Crippen molar-refractivity contribution in [3.05, 3.63) is 25.3 Å². The second-order valence-corrected chi connectivity index (χ2v) is 2.94. The topological polar surface area (TPSA) is 53.2 Å². The van der Waals surface area contributed by atoms with Gasteiger partial charge < -0.3 is 10.6 Å². The number of carbonyl (C=O) groups is 1. The molecule has 1 fully saturated rings. The maximum atomic E-state index is 11.1. The van der Waals surface area contributed by atoms with E-state index in [1.807, 2.05) is 0 Å². The molecule has 0 aliphatic carbocycles. The molecule has 1 aliphatic heterocycles. The van der Waals surface area contributed by atoms with Crippen molar-refractivity contribution in [3.63, 3.8) is 0 Å². The number of amides is 2. The van der Waals surface area contributed by atoms with E-state index in [0.717, 1.165) is 12.8 Å². The van der Waals surface area contributed by atoms with Crippen LogP contribution in [-0.4, -0.2) is 18.4 Å². The first-order valence-corrected chi connectivity index (χ1v) is 4.31. The Morgan fingerprint density at radius 1 is 1.15 bits per heavy atom. The molecule has 0 bridgehead atoms. The van der Waals surface area contributed by atoms with E-state index in [1.165, 1.54) is 0 Å². The van der Waals surface area contributed by atoms with Crippen molar-refractivity contribution in [1.82, 2.24) is 16.0 Å². The van der Waals surface area contributed by atoms with Gasteiger partial charge in [-0.2, -0.15) is 0 Å². The van der Waals surface area contributed by atoms with E-state index in [-0.39, 0.29) is 18.4 Å². The van der Waals surface area contributed by atoms with Crippen molar-refractivity contribution < 1.29 is 4.79 Å². The fraction of sp³-hybridized carbons (Fsp3) is 0.444. The number of rotatable bonds is 4. The number of nitrogens with one attached hydrogen (secondary N) is 3. The lowest BCUT2D eigenvalue weighted by Gasteiger charge is -2.31. The SMILES string of the molecule is C=CCC1NC(=O)NC(CC=C)N1. The molecule has 0 radical (unpaired) electrons. The van der Waals surface area contributed by atoms with Gasteiger partial charge in [0, 0.05) is 0 Å². The van der Waals surface area contributed by atoms with Crippen LogP contribution in [0, 0.1) is 0 Å². The minimum atomic E-state index is -0.141. The van der Waals surface area contributed by atoms with Gasteiger partial charge in [0.2, 0.25) is 0 Å². The van der Waals surface area contributed by atoms with E-state index >= 15 is 0 Å². The van der Waals surface area contributed by atoms with Crippen LogP contribution in [0.25, 0.3) is 0 Å². The second-order valence-electron chi connectivity index (χ2n) is 2.94. The molecule has 1 saturated heterocycles. The van der Waals surface area contributed by atoms with Gasteiger partial charge in [-0.05, 0) is 12.8 Å². The zero-order valence-electron chi connectivity index (χ0n) is 7.55. The third-order valence-electron chi connectivity index (χ3n) is 1.82. The lowest BCUT2D eigenvalue weighted by molar-refractivity contribution is 0.207. The highest BCUT2D eigenvalue weighted by Gasteiger charge is 2.22. The molecule has 2 unspecified atom stereocenters. The normalized spacial score (nSPS) is 27.2. The fourth-order valence-corrected chi connectivity index (χ4v) is 1.27. The molecule has 1 heterocycles. The molecule has 1 aliphatic rings. The zero-order valence-corrected chi connectivity index (χ0v) is 7.55. The van der Waals surface area contributed by atoms with Crippen LogP contribution in [0.1, 0.15) is 12.8 Å². The Hall–Kier alpha value is -1.29. The summed E-state index contributed by atoms with van der Waals surface area (Å²) >= 11 is 0. The first-order chi connectivity index (χ1) is 6.26. The summed E-state index contributed by atoms with van der Waals surface area (Å²) in [4.78, 5) is 11.1. The molecule has 1 rings (SSSR count). The van der Waals surface area contributed by atoms with Gasteiger partial charge in [-0.25, -0.2) is 4.79 Å². The molecule has 0 spiro atoms. The van der Waals surface area contributed by atoms with Crippen molar-refractivity contribution in [1.29, 1.82) is 0 Å². The quantitative estimate of drug-likeness (QED) is 0.559. The monoisotopic (exact) mass is 181 g/mol. The molecule has 0 aromatic carbocycles. The molecule has 3 N–H and O–H groups in total. The summed E-state index contributed by atoms with van der Waals surface area (Å²) in [6.07, 6.45) is 4.96. The van der Waals surface area contributed by atoms with Crippen molar-refractivity contribution in [2.45, 2.75) is 25.2 Å². The number of urea groups is 1. The predicted molar refractivity (Wildman–Crippen MR) is 52.0 cm³/mol. The summed E-state index contributed by atoms with van der Waals surface area (Å²) in [7, 11) is 0. The van der Waals surface area contributed by atoms with Crippen molar-refractivity contribution in [3.8, 4) is 0 Å². The van der Waals surface area contributed by atoms with Gasteiger partial charge in [-0.15, -0.1) is 13.2 Å². The third kappa shape index (κ3) is 2.91. The first-order valence-electron chi connectivity index (χ1n) is 4.31. The molecule has 4 heteroatoms. The molecule has 0 saturated carbocycles. The minimum Gasteiger partial charge on any atom is -0.322 e. The van der Waals surface area contributed by atoms with Gasteiger partial charge in [-0.1, -0.05) is 12.2 Å². The predicted octanol–water partition coefficient (Wildman–Crippen LogP) is 0.693. The van der Waals surface area contributed by atoms with Gasteiger partial charge in [0.25, 0.3) is 0 Å². The Bertz CT molecular complexity index is 195. The molecule has 0 aromatic rings.